The second-order valence-electron chi connectivity index (χ2n) is 7.33. The fourth-order valence-electron chi connectivity index (χ4n) is 3.66. The maximum atomic E-state index is 13.3. The van der Waals surface area contributed by atoms with Crippen LogP contribution < -0.4 is 5.32 Å². The smallest absolute Gasteiger partial charge is 0.255 e. The summed E-state index contributed by atoms with van der Waals surface area (Å²) < 4.78 is 2.00. The summed E-state index contributed by atoms with van der Waals surface area (Å²) in [6, 6.07) is 23.5. The molecule has 6 heteroatoms. The molecular weight excluding hydrogens is 386 g/mol. The van der Waals surface area contributed by atoms with Crippen LogP contribution in [0.4, 0.5) is 0 Å². The summed E-state index contributed by atoms with van der Waals surface area (Å²) in [7, 11) is 0. The maximum absolute atomic E-state index is 13.3. The summed E-state index contributed by atoms with van der Waals surface area (Å²) in [4.78, 5) is 25.9. The number of amides is 1. The number of aromatic amines is 1. The Bertz CT molecular complexity index is 1380. The highest BCUT2D eigenvalue weighted by molar-refractivity contribution is 6.23. The summed E-state index contributed by atoms with van der Waals surface area (Å²) in [6.07, 6.45) is 3.77. The number of hydrogen-bond acceptors (Lipinski definition) is 3. The largest absolute Gasteiger partial charge is 0.348 e. The van der Waals surface area contributed by atoms with Crippen molar-refractivity contribution in [2.75, 3.05) is 0 Å². The number of nitrogens with zero attached hydrogens (tertiary/aromatic N) is 3. The molecule has 152 valence electrons. The third-order valence-electron chi connectivity index (χ3n) is 5.22. The van der Waals surface area contributed by atoms with E-state index in [9.17, 15) is 4.79 Å². The molecule has 0 saturated heterocycles. The molecule has 0 aliphatic rings. The summed E-state index contributed by atoms with van der Waals surface area (Å²) in [5.41, 5.74) is 4.82. The minimum Gasteiger partial charge on any atom is -0.348 e. The van der Waals surface area contributed by atoms with Crippen molar-refractivity contribution in [3.8, 4) is 0 Å². The van der Waals surface area contributed by atoms with E-state index < -0.39 is 0 Å². The number of fused-ring (bicyclic) bond motifs is 2. The van der Waals surface area contributed by atoms with Crippen LogP contribution in [0, 0.1) is 6.92 Å². The number of pyridine rings is 1. The van der Waals surface area contributed by atoms with E-state index in [1.54, 1.807) is 6.08 Å². The third-order valence-corrected chi connectivity index (χ3v) is 5.22. The summed E-state index contributed by atoms with van der Waals surface area (Å²) in [5.74, 6) is 1.16. The second-order valence-corrected chi connectivity index (χ2v) is 7.33. The molecule has 3 aromatic heterocycles. The van der Waals surface area contributed by atoms with Crippen LogP contribution in [0.3, 0.4) is 0 Å². The van der Waals surface area contributed by atoms with Crippen molar-refractivity contribution in [3.05, 3.63) is 102 Å². The Hall–Kier alpha value is -4.19. The predicted octanol–water partition coefficient (Wildman–Crippen LogP) is 4.38. The third kappa shape index (κ3) is 3.71. The van der Waals surface area contributed by atoms with Crippen molar-refractivity contribution in [3.63, 3.8) is 0 Å². The zero-order valence-corrected chi connectivity index (χ0v) is 17.0. The lowest BCUT2D eigenvalue weighted by Crippen LogP contribution is -2.24. The van der Waals surface area contributed by atoms with Crippen molar-refractivity contribution in [1.29, 1.82) is 0 Å². The number of H-pyrrole nitrogens is 1. The van der Waals surface area contributed by atoms with Crippen LogP contribution in [0.25, 0.3) is 28.2 Å². The van der Waals surface area contributed by atoms with Gasteiger partial charge in [0, 0.05) is 12.7 Å². The van der Waals surface area contributed by atoms with Gasteiger partial charge in [-0.2, -0.15) is 0 Å². The fourth-order valence-corrected chi connectivity index (χ4v) is 3.66. The minimum atomic E-state index is -0.211. The first kappa shape index (κ1) is 18.8. The minimum absolute atomic E-state index is 0.211. The molecular formula is C25H21N5O. The maximum Gasteiger partial charge on any atom is 0.255 e. The SMILES string of the molecule is Cc1nc(/C=C(/C(=O)NCc2ccccc2)c2nc3ccccc3[nH]2)c2ccccn12. The number of para-hydroxylation sites is 2. The lowest BCUT2D eigenvalue weighted by Gasteiger charge is -2.07. The molecule has 0 spiro atoms. The van der Waals surface area contributed by atoms with Gasteiger partial charge in [0.15, 0.2) is 0 Å². The lowest BCUT2D eigenvalue weighted by atomic mass is 10.1. The van der Waals surface area contributed by atoms with Gasteiger partial charge in [0.05, 0.1) is 27.8 Å². The Morgan fingerprint density at radius 2 is 1.77 bits per heavy atom. The molecule has 2 N–H and O–H groups in total. The van der Waals surface area contributed by atoms with Crippen molar-refractivity contribution in [2.24, 2.45) is 0 Å². The molecule has 5 rings (SSSR count). The van der Waals surface area contributed by atoms with Gasteiger partial charge >= 0.3 is 0 Å². The zero-order valence-electron chi connectivity index (χ0n) is 17.0. The highest BCUT2D eigenvalue weighted by atomic mass is 16.1. The fraction of sp³-hybridized carbons (Fsp3) is 0.0800. The summed E-state index contributed by atoms with van der Waals surface area (Å²) in [5, 5.41) is 3.02. The summed E-state index contributed by atoms with van der Waals surface area (Å²) >= 11 is 0. The Kier molecular flexibility index (Phi) is 4.80. The van der Waals surface area contributed by atoms with Crippen molar-refractivity contribution < 1.29 is 4.79 Å². The zero-order chi connectivity index (χ0) is 21.2. The van der Waals surface area contributed by atoms with Crippen LogP contribution in [0.5, 0.6) is 0 Å². The van der Waals surface area contributed by atoms with Crippen molar-refractivity contribution in [2.45, 2.75) is 13.5 Å². The van der Waals surface area contributed by atoms with E-state index in [-0.39, 0.29) is 5.91 Å². The lowest BCUT2D eigenvalue weighted by molar-refractivity contribution is -0.115. The van der Waals surface area contributed by atoms with E-state index in [0.29, 0.717) is 17.9 Å². The first-order valence-electron chi connectivity index (χ1n) is 10.1. The van der Waals surface area contributed by atoms with Crippen LogP contribution in [-0.2, 0) is 11.3 Å². The van der Waals surface area contributed by atoms with Gasteiger partial charge in [0.25, 0.3) is 5.91 Å². The van der Waals surface area contributed by atoms with Gasteiger partial charge in [0.2, 0.25) is 0 Å². The number of carbonyl (C=O) groups excluding carboxylic acids is 1. The monoisotopic (exact) mass is 407 g/mol. The number of carbonyl (C=O) groups is 1. The predicted molar refractivity (Wildman–Crippen MR) is 122 cm³/mol. The molecule has 1 amide bonds. The van der Waals surface area contributed by atoms with E-state index in [1.807, 2.05) is 90.3 Å². The van der Waals surface area contributed by atoms with Crippen LogP contribution in [0.15, 0.2) is 79.0 Å². The van der Waals surface area contributed by atoms with Gasteiger partial charge in [-0.3, -0.25) is 4.79 Å². The Morgan fingerprint density at radius 1 is 1.00 bits per heavy atom. The second kappa shape index (κ2) is 7.91. The molecule has 3 heterocycles. The van der Waals surface area contributed by atoms with E-state index in [4.69, 9.17) is 0 Å². The highest BCUT2D eigenvalue weighted by Crippen LogP contribution is 2.22. The average Bonchev–Trinajstić information content (AvgIpc) is 3.37. The van der Waals surface area contributed by atoms with Crippen LogP contribution >= 0.6 is 0 Å². The van der Waals surface area contributed by atoms with E-state index in [2.05, 4.69) is 20.3 Å². The number of nitrogens with one attached hydrogen (secondary N) is 2. The van der Waals surface area contributed by atoms with Crippen LogP contribution in [0.1, 0.15) is 22.9 Å². The van der Waals surface area contributed by atoms with Gasteiger partial charge < -0.3 is 14.7 Å². The Morgan fingerprint density at radius 3 is 2.61 bits per heavy atom. The first-order chi connectivity index (χ1) is 15.2. The molecule has 31 heavy (non-hydrogen) atoms. The van der Waals surface area contributed by atoms with E-state index in [1.165, 1.54) is 0 Å². The highest BCUT2D eigenvalue weighted by Gasteiger charge is 2.18. The van der Waals surface area contributed by atoms with Gasteiger partial charge in [-0.1, -0.05) is 48.5 Å². The number of imidazole rings is 2. The topological polar surface area (TPSA) is 75.1 Å². The number of aromatic nitrogens is 4. The number of aryl methyl sites for hydroxylation is 1. The molecule has 5 aromatic rings. The molecule has 0 bridgehead atoms. The van der Waals surface area contributed by atoms with Crippen molar-refractivity contribution in [1.82, 2.24) is 24.7 Å². The van der Waals surface area contributed by atoms with Gasteiger partial charge in [0.1, 0.15) is 11.6 Å². The normalized spacial score (nSPS) is 11.8. The first-order valence-corrected chi connectivity index (χ1v) is 10.1. The summed E-state index contributed by atoms with van der Waals surface area (Å²) in [6.45, 7) is 2.38. The standard InChI is InChI=1S/C25H21N5O/c1-17-27-22(23-13-7-8-14-30(17)23)15-19(24-28-20-11-5-6-12-21(20)29-24)25(31)26-16-18-9-3-2-4-10-18/h2-15H,16H2,1H3,(H,26,31)(H,28,29)/b19-15+. The van der Waals surface area contributed by atoms with E-state index in [0.717, 1.165) is 33.6 Å². The molecule has 0 atom stereocenters. The molecule has 0 aliphatic carbocycles. The number of hydrogen-bond donors (Lipinski definition) is 2. The molecule has 0 fully saturated rings. The number of rotatable bonds is 5. The Balaban J connectivity index is 1.58. The molecule has 0 saturated carbocycles. The molecule has 6 nitrogen and oxygen atoms in total. The molecule has 0 aliphatic heterocycles. The number of benzene rings is 2. The molecule has 0 unspecified atom stereocenters. The van der Waals surface area contributed by atoms with Gasteiger partial charge in [-0.05, 0) is 42.8 Å². The Labute approximate surface area is 179 Å². The van der Waals surface area contributed by atoms with Gasteiger partial charge in [-0.25, -0.2) is 9.97 Å². The molecule has 0 radical (unpaired) electrons. The molecule has 2 aromatic carbocycles. The van der Waals surface area contributed by atoms with Crippen LogP contribution in [0.2, 0.25) is 0 Å². The average molecular weight is 407 g/mol. The van der Waals surface area contributed by atoms with Crippen LogP contribution in [-0.4, -0.2) is 25.3 Å². The quantitative estimate of drug-likeness (QED) is 0.425. The van der Waals surface area contributed by atoms with Gasteiger partial charge in [-0.15, -0.1) is 0 Å². The van der Waals surface area contributed by atoms with E-state index >= 15 is 0 Å². The van der Waals surface area contributed by atoms with Crippen molar-refractivity contribution >= 4 is 34.1 Å².